The van der Waals surface area contributed by atoms with Crippen LogP contribution in [0.3, 0.4) is 0 Å². The quantitative estimate of drug-likeness (QED) is 0.810. The first kappa shape index (κ1) is 16.8. The van der Waals surface area contributed by atoms with E-state index in [2.05, 4.69) is 10.6 Å². The van der Waals surface area contributed by atoms with Crippen LogP contribution in [0.15, 0.2) is 53.1 Å². The van der Waals surface area contributed by atoms with E-state index in [-0.39, 0.29) is 24.3 Å². The van der Waals surface area contributed by atoms with Crippen LogP contribution in [0, 0.1) is 0 Å². The number of rotatable bonds is 7. The molecule has 6 heteroatoms. The standard InChI is InChI=1S/C17H21N3O3/c1-20(2)12-14(13-7-4-3-5-8-13)19-16(21)11-18-17(22)15-9-6-10-23-15/h3-10,14H,11-12H2,1-2H3,(H,18,22)(H,19,21)/t14-/m1/s1. The lowest BCUT2D eigenvalue weighted by Crippen LogP contribution is -2.41. The summed E-state index contributed by atoms with van der Waals surface area (Å²) in [5.74, 6) is -0.472. The number of nitrogens with zero attached hydrogens (tertiary/aromatic N) is 1. The van der Waals surface area contributed by atoms with Crippen LogP contribution in [0.5, 0.6) is 0 Å². The summed E-state index contributed by atoms with van der Waals surface area (Å²) < 4.78 is 4.98. The molecular formula is C17H21N3O3. The van der Waals surface area contributed by atoms with E-state index in [9.17, 15) is 9.59 Å². The van der Waals surface area contributed by atoms with Crippen LogP contribution in [0.1, 0.15) is 22.2 Å². The zero-order chi connectivity index (χ0) is 16.7. The fourth-order valence-corrected chi connectivity index (χ4v) is 2.19. The average molecular weight is 315 g/mol. The Bertz CT molecular complexity index is 624. The molecule has 2 amide bonds. The van der Waals surface area contributed by atoms with Crippen molar-refractivity contribution >= 4 is 11.8 Å². The van der Waals surface area contributed by atoms with Crippen molar-refractivity contribution in [3.63, 3.8) is 0 Å². The van der Waals surface area contributed by atoms with E-state index < -0.39 is 5.91 Å². The van der Waals surface area contributed by atoms with Gasteiger partial charge in [-0.1, -0.05) is 30.3 Å². The first-order valence-corrected chi connectivity index (χ1v) is 7.37. The molecule has 0 aliphatic heterocycles. The number of amides is 2. The Morgan fingerprint density at radius 3 is 2.48 bits per heavy atom. The van der Waals surface area contributed by atoms with E-state index in [0.717, 1.165) is 5.56 Å². The predicted octanol–water partition coefficient (Wildman–Crippen LogP) is 1.43. The average Bonchev–Trinajstić information content (AvgIpc) is 3.07. The number of likely N-dealkylation sites (N-methyl/N-ethyl adjacent to an activating group) is 1. The Morgan fingerprint density at radius 2 is 1.87 bits per heavy atom. The highest BCUT2D eigenvalue weighted by Crippen LogP contribution is 2.13. The molecule has 6 nitrogen and oxygen atoms in total. The summed E-state index contributed by atoms with van der Waals surface area (Å²) in [4.78, 5) is 25.9. The zero-order valence-corrected chi connectivity index (χ0v) is 13.3. The number of hydrogen-bond acceptors (Lipinski definition) is 4. The van der Waals surface area contributed by atoms with E-state index in [1.807, 2.05) is 49.3 Å². The SMILES string of the molecule is CN(C)C[C@@H](NC(=O)CNC(=O)c1ccco1)c1ccccc1. The molecule has 0 aliphatic carbocycles. The highest BCUT2D eigenvalue weighted by atomic mass is 16.3. The number of carbonyl (C=O) groups excluding carboxylic acids is 2. The van der Waals surface area contributed by atoms with E-state index in [1.165, 1.54) is 6.26 Å². The largest absolute Gasteiger partial charge is 0.459 e. The Labute approximate surface area is 135 Å². The van der Waals surface area contributed by atoms with Crippen LogP contribution in [0.2, 0.25) is 0 Å². The molecule has 1 aromatic heterocycles. The van der Waals surface area contributed by atoms with Crippen molar-refractivity contribution < 1.29 is 14.0 Å². The molecular weight excluding hydrogens is 294 g/mol. The summed E-state index contributed by atoms with van der Waals surface area (Å²) in [5.41, 5.74) is 1.02. The van der Waals surface area contributed by atoms with Gasteiger partial charge in [-0.2, -0.15) is 0 Å². The molecule has 0 aliphatic rings. The lowest BCUT2D eigenvalue weighted by molar-refractivity contribution is -0.121. The Morgan fingerprint density at radius 1 is 1.13 bits per heavy atom. The molecule has 0 fully saturated rings. The fourth-order valence-electron chi connectivity index (χ4n) is 2.19. The van der Waals surface area contributed by atoms with Gasteiger partial charge in [0, 0.05) is 6.54 Å². The second-order valence-corrected chi connectivity index (χ2v) is 5.45. The molecule has 122 valence electrons. The van der Waals surface area contributed by atoms with Crippen LogP contribution in [-0.4, -0.2) is 43.9 Å². The van der Waals surface area contributed by atoms with E-state index in [0.29, 0.717) is 6.54 Å². The predicted molar refractivity (Wildman–Crippen MR) is 86.9 cm³/mol. The molecule has 1 atom stereocenters. The van der Waals surface area contributed by atoms with Crippen molar-refractivity contribution in [1.29, 1.82) is 0 Å². The minimum atomic E-state index is -0.408. The van der Waals surface area contributed by atoms with Crippen molar-refractivity contribution in [2.24, 2.45) is 0 Å². The maximum absolute atomic E-state index is 12.1. The van der Waals surface area contributed by atoms with Gasteiger partial charge in [-0.25, -0.2) is 0 Å². The zero-order valence-electron chi connectivity index (χ0n) is 13.3. The van der Waals surface area contributed by atoms with Gasteiger partial charge in [0.15, 0.2) is 5.76 Å². The Hall–Kier alpha value is -2.60. The van der Waals surface area contributed by atoms with Gasteiger partial charge in [0.05, 0.1) is 18.8 Å². The minimum absolute atomic E-state index is 0.101. The molecule has 0 saturated carbocycles. The smallest absolute Gasteiger partial charge is 0.287 e. The molecule has 1 aromatic carbocycles. The Kier molecular flexibility index (Phi) is 5.94. The molecule has 0 radical (unpaired) electrons. The molecule has 23 heavy (non-hydrogen) atoms. The number of hydrogen-bond donors (Lipinski definition) is 2. The summed E-state index contributed by atoms with van der Waals surface area (Å²) in [6.45, 7) is 0.568. The van der Waals surface area contributed by atoms with Gasteiger partial charge < -0.3 is 20.0 Å². The summed E-state index contributed by atoms with van der Waals surface area (Å²) in [6, 6.07) is 12.8. The maximum Gasteiger partial charge on any atom is 0.287 e. The number of furan rings is 1. The first-order valence-electron chi connectivity index (χ1n) is 7.37. The third kappa shape index (κ3) is 5.27. The third-order valence-corrected chi connectivity index (χ3v) is 3.24. The first-order chi connectivity index (χ1) is 11.1. The van der Waals surface area contributed by atoms with E-state index in [1.54, 1.807) is 12.1 Å². The molecule has 0 saturated heterocycles. The van der Waals surface area contributed by atoms with Crippen LogP contribution >= 0.6 is 0 Å². The maximum atomic E-state index is 12.1. The second-order valence-electron chi connectivity index (χ2n) is 5.45. The van der Waals surface area contributed by atoms with Crippen molar-refractivity contribution in [3.05, 3.63) is 60.1 Å². The molecule has 2 N–H and O–H groups in total. The summed E-state index contributed by atoms with van der Waals surface area (Å²) in [7, 11) is 3.89. The highest BCUT2D eigenvalue weighted by Gasteiger charge is 2.16. The van der Waals surface area contributed by atoms with Crippen molar-refractivity contribution in [2.45, 2.75) is 6.04 Å². The molecule has 0 unspecified atom stereocenters. The van der Waals surface area contributed by atoms with Gasteiger partial charge in [0.25, 0.3) is 5.91 Å². The van der Waals surface area contributed by atoms with Crippen LogP contribution in [0.25, 0.3) is 0 Å². The topological polar surface area (TPSA) is 74.6 Å². The van der Waals surface area contributed by atoms with Gasteiger partial charge in [-0.05, 0) is 31.8 Å². The second kappa shape index (κ2) is 8.14. The molecule has 2 aromatic rings. The van der Waals surface area contributed by atoms with Crippen LogP contribution in [-0.2, 0) is 4.79 Å². The van der Waals surface area contributed by atoms with Gasteiger partial charge in [0.1, 0.15) is 0 Å². The van der Waals surface area contributed by atoms with Crippen LogP contribution in [0.4, 0.5) is 0 Å². The Balaban J connectivity index is 1.91. The van der Waals surface area contributed by atoms with Gasteiger partial charge in [-0.3, -0.25) is 9.59 Å². The lowest BCUT2D eigenvalue weighted by Gasteiger charge is -2.23. The molecule has 0 spiro atoms. The number of carbonyl (C=O) groups is 2. The van der Waals surface area contributed by atoms with Crippen LogP contribution < -0.4 is 10.6 Å². The normalized spacial score (nSPS) is 12.0. The van der Waals surface area contributed by atoms with E-state index in [4.69, 9.17) is 4.42 Å². The fraction of sp³-hybridized carbons (Fsp3) is 0.294. The van der Waals surface area contributed by atoms with Crippen molar-refractivity contribution in [3.8, 4) is 0 Å². The molecule has 2 rings (SSSR count). The van der Waals surface area contributed by atoms with Gasteiger partial charge in [-0.15, -0.1) is 0 Å². The minimum Gasteiger partial charge on any atom is -0.459 e. The highest BCUT2D eigenvalue weighted by molar-refractivity contribution is 5.94. The summed E-state index contributed by atoms with van der Waals surface area (Å²) in [5, 5.41) is 5.48. The lowest BCUT2D eigenvalue weighted by atomic mass is 10.1. The molecule has 0 bridgehead atoms. The van der Waals surface area contributed by atoms with Crippen molar-refractivity contribution in [1.82, 2.24) is 15.5 Å². The number of nitrogens with one attached hydrogen (secondary N) is 2. The summed E-state index contributed by atoms with van der Waals surface area (Å²) >= 11 is 0. The van der Waals surface area contributed by atoms with Gasteiger partial charge in [0.2, 0.25) is 5.91 Å². The third-order valence-electron chi connectivity index (χ3n) is 3.24. The monoisotopic (exact) mass is 315 g/mol. The summed E-state index contributed by atoms with van der Waals surface area (Å²) in [6.07, 6.45) is 1.41. The van der Waals surface area contributed by atoms with E-state index >= 15 is 0 Å². The van der Waals surface area contributed by atoms with Gasteiger partial charge >= 0.3 is 0 Å². The van der Waals surface area contributed by atoms with Crippen molar-refractivity contribution in [2.75, 3.05) is 27.2 Å². The number of benzene rings is 1. The molecule has 1 heterocycles.